The third-order valence-electron chi connectivity index (χ3n) is 5.32. The largest absolute Gasteiger partial charge is 0.316 e. The summed E-state index contributed by atoms with van der Waals surface area (Å²) in [5, 5.41) is 3.62. The van der Waals surface area contributed by atoms with Crippen LogP contribution in [0.25, 0.3) is 0 Å². The molecule has 0 aromatic heterocycles. The van der Waals surface area contributed by atoms with Crippen LogP contribution in [0.2, 0.25) is 0 Å². The predicted octanol–water partition coefficient (Wildman–Crippen LogP) is 5.11. The van der Waals surface area contributed by atoms with Crippen molar-refractivity contribution in [3.05, 3.63) is 34.3 Å². The van der Waals surface area contributed by atoms with Gasteiger partial charge in [0.2, 0.25) is 0 Å². The first kappa shape index (κ1) is 14.6. The second kappa shape index (κ2) is 7.09. The summed E-state index contributed by atoms with van der Waals surface area (Å²) in [5.74, 6) is 2.57. The number of nitrogens with one attached hydrogen (secondary N) is 1. The maximum atomic E-state index is 3.64. The average molecular weight is 336 g/mol. The topological polar surface area (TPSA) is 12.0 Å². The number of piperidine rings is 1. The van der Waals surface area contributed by atoms with Gasteiger partial charge in [0.1, 0.15) is 0 Å². The van der Waals surface area contributed by atoms with Gasteiger partial charge in [-0.15, -0.1) is 0 Å². The molecular formula is C18H26BrN. The van der Waals surface area contributed by atoms with E-state index in [9.17, 15) is 0 Å². The fourth-order valence-corrected chi connectivity index (χ4v) is 4.70. The van der Waals surface area contributed by atoms with E-state index in [4.69, 9.17) is 0 Å². The van der Waals surface area contributed by atoms with Crippen LogP contribution in [-0.4, -0.2) is 13.1 Å². The second-order valence-corrected chi connectivity index (χ2v) is 7.49. The van der Waals surface area contributed by atoms with Gasteiger partial charge in [0.05, 0.1) is 0 Å². The van der Waals surface area contributed by atoms with Gasteiger partial charge in [-0.2, -0.15) is 0 Å². The van der Waals surface area contributed by atoms with E-state index in [2.05, 4.69) is 45.5 Å². The average Bonchev–Trinajstić information content (AvgIpc) is 2.76. The molecule has 1 heterocycles. The van der Waals surface area contributed by atoms with Crippen LogP contribution in [0.15, 0.2) is 28.7 Å². The van der Waals surface area contributed by atoms with Crippen molar-refractivity contribution in [2.24, 2.45) is 11.8 Å². The molecule has 3 rings (SSSR count). The number of rotatable bonds is 2. The molecule has 2 heteroatoms. The summed E-state index contributed by atoms with van der Waals surface area (Å²) in [6, 6.07) is 8.99. The van der Waals surface area contributed by atoms with Crippen molar-refractivity contribution in [2.75, 3.05) is 13.1 Å². The van der Waals surface area contributed by atoms with Crippen LogP contribution in [0.4, 0.5) is 0 Å². The minimum Gasteiger partial charge on any atom is -0.316 e. The van der Waals surface area contributed by atoms with E-state index in [1.165, 1.54) is 61.5 Å². The van der Waals surface area contributed by atoms with Gasteiger partial charge in [-0.1, -0.05) is 66.6 Å². The summed E-state index contributed by atoms with van der Waals surface area (Å²) in [5.41, 5.74) is 1.53. The zero-order valence-electron chi connectivity index (χ0n) is 12.3. The van der Waals surface area contributed by atoms with Gasteiger partial charge >= 0.3 is 0 Å². The molecule has 1 aromatic rings. The van der Waals surface area contributed by atoms with E-state index >= 15 is 0 Å². The lowest BCUT2D eigenvalue weighted by Gasteiger charge is -2.38. The quantitative estimate of drug-likeness (QED) is 0.740. The van der Waals surface area contributed by atoms with Gasteiger partial charge in [0.25, 0.3) is 0 Å². The van der Waals surface area contributed by atoms with Gasteiger partial charge in [-0.25, -0.2) is 0 Å². The number of hydrogen-bond donors (Lipinski definition) is 1. The van der Waals surface area contributed by atoms with Crippen LogP contribution < -0.4 is 5.32 Å². The Morgan fingerprint density at radius 2 is 1.80 bits per heavy atom. The maximum absolute atomic E-state index is 3.64. The molecule has 1 saturated carbocycles. The van der Waals surface area contributed by atoms with Crippen molar-refractivity contribution < 1.29 is 0 Å². The van der Waals surface area contributed by atoms with E-state index < -0.39 is 0 Å². The predicted molar refractivity (Wildman–Crippen MR) is 89.1 cm³/mol. The Morgan fingerprint density at radius 3 is 2.55 bits per heavy atom. The van der Waals surface area contributed by atoms with Crippen LogP contribution in [0.5, 0.6) is 0 Å². The molecule has 2 fully saturated rings. The lowest BCUT2D eigenvalue weighted by Crippen LogP contribution is -2.38. The van der Waals surface area contributed by atoms with Crippen molar-refractivity contribution in [3.8, 4) is 0 Å². The van der Waals surface area contributed by atoms with Gasteiger partial charge in [0, 0.05) is 11.0 Å². The first-order valence-electron chi connectivity index (χ1n) is 8.31. The molecule has 20 heavy (non-hydrogen) atoms. The molecule has 1 saturated heterocycles. The van der Waals surface area contributed by atoms with E-state index in [0.717, 1.165) is 18.4 Å². The van der Waals surface area contributed by atoms with Gasteiger partial charge < -0.3 is 5.32 Å². The third kappa shape index (κ3) is 3.46. The maximum Gasteiger partial charge on any atom is 0.0178 e. The molecule has 0 bridgehead atoms. The first-order chi connectivity index (χ1) is 9.84. The highest BCUT2D eigenvalue weighted by atomic mass is 79.9. The molecule has 1 aliphatic heterocycles. The van der Waals surface area contributed by atoms with Gasteiger partial charge in [-0.05, 0) is 48.4 Å². The van der Waals surface area contributed by atoms with Crippen LogP contribution in [0.1, 0.15) is 56.4 Å². The number of halogens is 1. The summed E-state index contributed by atoms with van der Waals surface area (Å²) < 4.78 is 1.22. The second-order valence-electron chi connectivity index (χ2n) is 6.57. The SMILES string of the molecule is Brc1cccc(C2CNCCC2C2CCCCCC2)c1. The fourth-order valence-electron chi connectivity index (χ4n) is 4.28. The van der Waals surface area contributed by atoms with Crippen LogP contribution >= 0.6 is 15.9 Å². The van der Waals surface area contributed by atoms with Crippen molar-refractivity contribution in [1.29, 1.82) is 0 Å². The van der Waals surface area contributed by atoms with Gasteiger partial charge in [-0.3, -0.25) is 0 Å². The zero-order chi connectivity index (χ0) is 13.8. The van der Waals surface area contributed by atoms with Crippen LogP contribution in [-0.2, 0) is 0 Å². The molecule has 0 radical (unpaired) electrons. The zero-order valence-corrected chi connectivity index (χ0v) is 13.9. The summed E-state index contributed by atoms with van der Waals surface area (Å²) in [4.78, 5) is 0. The Balaban J connectivity index is 1.79. The number of benzene rings is 1. The summed E-state index contributed by atoms with van der Waals surface area (Å²) >= 11 is 3.64. The molecule has 1 aliphatic carbocycles. The first-order valence-corrected chi connectivity index (χ1v) is 9.10. The molecule has 1 aromatic carbocycles. The highest BCUT2D eigenvalue weighted by Crippen LogP contribution is 2.41. The minimum absolute atomic E-state index is 0.712. The highest BCUT2D eigenvalue weighted by molar-refractivity contribution is 9.10. The molecule has 2 aliphatic rings. The molecule has 2 atom stereocenters. The van der Waals surface area contributed by atoms with Crippen molar-refractivity contribution in [1.82, 2.24) is 5.32 Å². The normalized spacial score (nSPS) is 29.1. The molecule has 0 amide bonds. The van der Waals surface area contributed by atoms with Crippen molar-refractivity contribution in [3.63, 3.8) is 0 Å². The number of hydrogen-bond acceptors (Lipinski definition) is 1. The Labute approximate surface area is 131 Å². The Hall–Kier alpha value is -0.340. The molecule has 0 spiro atoms. The van der Waals surface area contributed by atoms with Crippen molar-refractivity contribution >= 4 is 15.9 Å². The lowest BCUT2D eigenvalue weighted by atomic mass is 9.71. The standard InChI is InChI=1S/C18H26BrN/c19-16-9-5-8-15(12-16)18-13-20-11-10-17(18)14-6-3-1-2-4-7-14/h5,8-9,12,14,17-18,20H,1-4,6-7,10-11,13H2. The molecular weight excluding hydrogens is 310 g/mol. The van der Waals surface area contributed by atoms with E-state index in [0.29, 0.717) is 5.92 Å². The lowest BCUT2D eigenvalue weighted by molar-refractivity contribution is 0.205. The van der Waals surface area contributed by atoms with Gasteiger partial charge in [0.15, 0.2) is 0 Å². The summed E-state index contributed by atoms with van der Waals surface area (Å²) in [6.45, 7) is 2.38. The van der Waals surface area contributed by atoms with Crippen LogP contribution in [0.3, 0.4) is 0 Å². The van der Waals surface area contributed by atoms with E-state index in [-0.39, 0.29) is 0 Å². The fraction of sp³-hybridized carbons (Fsp3) is 0.667. The monoisotopic (exact) mass is 335 g/mol. The summed E-state index contributed by atoms with van der Waals surface area (Å²) in [7, 11) is 0. The minimum atomic E-state index is 0.712. The van der Waals surface area contributed by atoms with E-state index in [1.54, 1.807) is 0 Å². The Kier molecular flexibility index (Phi) is 5.17. The Morgan fingerprint density at radius 1 is 1.00 bits per heavy atom. The smallest absolute Gasteiger partial charge is 0.0178 e. The highest BCUT2D eigenvalue weighted by Gasteiger charge is 2.32. The molecule has 1 nitrogen and oxygen atoms in total. The van der Waals surface area contributed by atoms with E-state index in [1.807, 2.05) is 0 Å². The Bertz CT molecular complexity index is 423. The summed E-state index contributed by atoms with van der Waals surface area (Å²) in [6.07, 6.45) is 10.1. The van der Waals surface area contributed by atoms with Crippen LogP contribution in [0, 0.1) is 11.8 Å². The molecule has 1 N–H and O–H groups in total. The molecule has 2 unspecified atom stereocenters. The third-order valence-corrected chi connectivity index (χ3v) is 5.81. The molecule has 110 valence electrons. The van der Waals surface area contributed by atoms with Crippen molar-refractivity contribution in [2.45, 2.75) is 50.9 Å².